The molecule has 1 aromatic rings. The smallest absolute Gasteiger partial charge is 0.302 e. The molecule has 0 aliphatic carbocycles. The average Bonchev–Trinajstić information content (AvgIpc) is 3.25. The van der Waals surface area contributed by atoms with E-state index in [1.165, 1.54) is 11.8 Å². The molecule has 2 fully saturated rings. The predicted octanol–water partition coefficient (Wildman–Crippen LogP) is 1.23. The zero-order valence-electron chi connectivity index (χ0n) is 13.1. The van der Waals surface area contributed by atoms with Crippen molar-refractivity contribution in [1.29, 1.82) is 0 Å². The highest BCUT2D eigenvalue weighted by molar-refractivity contribution is 6.07. The second kappa shape index (κ2) is 5.56. The number of nitrogens with zero attached hydrogens (tertiary/aromatic N) is 1. The molecule has 124 valence electrons. The molecule has 2 saturated heterocycles. The Balaban J connectivity index is 1.67. The molecule has 0 saturated carbocycles. The number of ether oxygens (including phenoxy) is 2. The van der Waals surface area contributed by atoms with Gasteiger partial charge in [0.15, 0.2) is 0 Å². The molecule has 24 heavy (non-hydrogen) atoms. The van der Waals surface area contributed by atoms with E-state index >= 15 is 0 Å². The van der Waals surface area contributed by atoms with Crippen LogP contribution in [-0.2, 0) is 23.9 Å². The van der Waals surface area contributed by atoms with Gasteiger partial charge in [-0.25, -0.2) is 0 Å². The molecular formula is C18H17NO5. The zero-order chi connectivity index (χ0) is 16.8. The minimum Gasteiger partial charge on any atom is -0.463 e. The summed E-state index contributed by atoms with van der Waals surface area (Å²) in [7, 11) is 0. The Bertz CT molecular complexity index is 698. The van der Waals surface area contributed by atoms with Gasteiger partial charge in [0.2, 0.25) is 11.8 Å². The van der Waals surface area contributed by atoms with Gasteiger partial charge in [-0.1, -0.05) is 42.5 Å². The van der Waals surface area contributed by atoms with Crippen LogP contribution in [0.2, 0.25) is 0 Å². The summed E-state index contributed by atoms with van der Waals surface area (Å²) in [5, 5.41) is 0. The molecular weight excluding hydrogens is 310 g/mol. The zero-order valence-corrected chi connectivity index (χ0v) is 13.1. The number of fused-ring (bicyclic) bond motifs is 5. The van der Waals surface area contributed by atoms with Crippen molar-refractivity contribution in [3.63, 3.8) is 0 Å². The van der Waals surface area contributed by atoms with Crippen LogP contribution in [0.15, 0.2) is 42.5 Å². The fourth-order valence-electron chi connectivity index (χ4n) is 3.83. The fraction of sp³-hybridized carbons (Fsp3) is 0.389. The first-order valence-corrected chi connectivity index (χ1v) is 7.97. The minimum atomic E-state index is -0.611. The van der Waals surface area contributed by atoms with E-state index in [1.54, 1.807) is 0 Å². The molecule has 3 aliphatic heterocycles. The molecule has 3 aliphatic rings. The van der Waals surface area contributed by atoms with Gasteiger partial charge in [-0.3, -0.25) is 19.3 Å². The van der Waals surface area contributed by atoms with Crippen LogP contribution >= 0.6 is 0 Å². The van der Waals surface area contributed by atoms with E-state index in [0.717, 1.165) is 5.56 Å². The highest BCUT2D eigenvalue weighted by atomic mass is 16.5. The molecule has 2 amide bonds. The van der Waals surface area contributed by atoms with Crippen molar-refractivity contribution in [2.24, 2.45) is 11.8 Å². The van der Waals surface area contributed by atoms with Gasteiger partial charge in [0.25, 0.3) is 0 Å². The van der Waals surface area contributed by atoms with Crippen LogP contribution in [0.3, 0.4) is 0 Å². The first-order chi connectivity index (χ1) is 11.6. The van der Waals surface area contributed by atoms with Gasteiger partial charge in [0, 0.05) is 6.92 Å². The number of benzene rings is 1. The van der Waals surface area contributed by atoms with Crippen molar-refractivity contribution in [3.05, 3.63) is 48.0 Å². The van der Waals surface area contributed by atoms with Gasteiger partial charge in [-0.05, 0) is 5.56 Å². The molecule has 5 atom stereocenters. The standard InChI is InChI=1S/C18H17NO5/c1-10(20)23-9-12(11-5-3-2-4-6-11)19-17(21)15-13-7-8-14(24-13)16(15)18(19)22/h2-8,12-16H,9H2,1H3/t12-,13-,14+,15+,16-/m1/s1. The second-order valence-electron chi connectivity index (χ2n) is 6.28. The summed E-state index contributed by atoms with van der Waals surface area (Å²) >= 11 is 0. The molecule has 0 unspecified atom stereocenters. The Morgan fingerprint density at radius 1 is 1.12 bits per heavy atom. The van der Waals surface area contributed by atoms with E-state index in [0.29, 0.717) is 0 Å². The molecule has 6 heteroatoms. The monoisotopic (exact) mass is 327 g/mol. The van der Waals surface area contributed by atoms with Gasteiger partial charge >= 0.3 is 5.97 Å². The average molecular weight is 327 g/mol. The third-order valence-electron chi connectivity index (χ3n) is 4.89. The van der Waals surface area contributed by atoms with Crippen molar-refractivity contribution in [2.45, 2.75) is 25.2 Å². The number of rotatable bonds is 4. The van der Waals surface area contributed by atoms with Crippen molar-refractivity contribution < 1.29 is 23.9 Å². The quantitative estimate of drug-likeness (QED) is 0.472. The Hall–Kier alpha value is -2.47. The Morgan fingerprint density at radius 3 is 2.25 bits per heavy atom. The number of hydrogen-bond donors (Lipinski definition) is 0. The van der Waals surface area contributed by atoms with Crippen molar-refractivity contribution in [3.8, 4) is 0 Å². The van der Waals surface area contributed by atoms with Gasteiger partial charge < -0.3 is 9.47 Å². The normalized spacial score (nSPS) is 31.5. The Morgan fingerprint density at radius 2 is 1.71 bits per heavy atom. The summed E-state index contributed by atoms with van der Waals surface area (Å²) in [6.45, 7) is 1.27. The maximum Gasteiger partial charge on any atom is 0.302 e. The highest BCUT2D eigenvalue weighted by Gasteiger charge is 2.61. The van der Waals surface area contributed by atoms with Crippen LogP contribution in [0.4, 0.5) is 0 Å². The number of likely N-dealkylation sites (tertiary alicyclic amines) is 1. The van der Waals surface area contributed by atoms with Gasteiger partial charge in [0.1, 0.15) is 6.61 Å². The van der Waals surface area contributed by atoms with Gasteiger partial charge in [-0.15, -0.1) is 0 Å². The second-order valence-corrected chi connectivity index (χ2v) is 6.28. The van der Waals surface area contributed by atoms with Crippen LogP contribution in [0.5, 0.6) is 0 Å². The SMILES string of the molecule is CC(=O)OC[C@H](c1ccccc1)N1C(=O)[C@@H]2[C@H](C1=O)[C@@H]1C=C[C@H]2O1. The number of imide groups is 1. The van der Waals surface area contributed by atoms with E-state index in [1.807, 2.05) is 42.5 Å². The van der Waals surface area contributed by atoms with E-state index < -0.39 is 23.8 Å². The lowest BCUT2D eigenvalue weighted by molar-refractivity contribution is -0.152. The molecule has 6 nitrogen and oxygen atoms in total. The first-order valence-electron chi connectivity index (χ1n) is 7.97. The third-order valence-corrected chi connectivity index (χ3v) is 4.89. The number of amides is 2. The van der Waals surface area contributed by atoms with Crippen LogP contribution in [0.25, 0.3) is 0 Å². The number of esters is 1. The van der Waals surface area contributed by atoms with Crippen molar-refractivity contribution >= 4 is 17.8 Å². The van der Waals surface area contributed by atoms with Crippen LogP contribution < -0.4 is 0 Å². The van der Waals surface area contributed by atoms with Crippen LogP contribution in [0.1, 0.15) is 18.5 Å². The summed E-state index contributed by atoms with van der Waals surface area (Å²) < 4.78 is 10.8. The van der Waals surface area contributed by atoms with E-state index in [-0.39, 0.29) is 30.6 Å². The maximum atomic E-state index is 12.9. The van der Waals surface area contributed by atoms with E-state index in [2.05, 4.69) is 0 Å². The maximum absolute atomic E-state index is 12.9. The largest absolute Gasteiger partial charge is 0.463 e. The van der Waals surface area contributed by atoms with Crippen molar-refractivity contribution in [1.82, 2.24) is 4.90 Å². The van der Waals surface area contributed by atoms with E-state index in [9.17, 15) is 14.4 Å². The van der Waals surface area contributed by atoms with Gasteiger partial charge in [0.05, 0.1) is 30.1 Å². The predicted molar refractivity (Wildman–Crippen MR) is 82.5 cm³/mol. The molecule has 3 heterocycles. The van der Waals surface area contributed by atoms with Crippen LogP contribution in [0, 0.1) is 11.8 Å². The Kier molecular flexibility index (Phi) is 3.49. The Labute approximate surface area is 139 Å². The third kappa shape index (κ3) is 2.17. The lowest BCUT2D eigenvalue weighted by atomic mass is 9.85. The summed E-state index contributed by atoms with van der Waals surface area (Å²) in [4.78, 5) is 38.3. The summed E-state index contributed by atoms with van der Waals surface area (Å²) in [5.74, 6) is -1.86. The summed E-state index contributed by atoms with van der Waals surface area (Å²) in [5.41, 5.74) is 0.765. The lowest BCUT2D eigenvalue weighted by Gasteiger charge is -2.27. The molecule has 2 bridgehead atoms. The first kappa shape index (κ1) is 15.1. The highest BCUT2D eigenvalue weighted by Crippen LogP contribution is 2.47. The fourth-order valence-corrected chi connectivity index (χ4v) is 3.83. The molecule has 0 spiro atoms. The number of carbonyl (C=O) groups excluding carboxylic acids is 3. The molecule has 1 aromatic carbocycles. The number of carbonyl (C=O) groups is 3. The number of hydrogen-bond acceptors (Lipinski definition) is 5. The molecule has 0 radical (unpaired) electrons. The van der Waals surface area contributed by atoms with Gasteiger partial charge in [-0.2, -0.15) is 0 Å². The lowest BCUT2D eigenvalue weighted by Crippen LogP contribution is -2.40. The topological polar surface area (TPSA) is 72.9 Å². The summed E-state index contributed by atoms with van der Waals surface area (Å²) in [6.07, 6.45) is 3.05. The minimum absolute atomic E-state index is 0.0418. The summed E-state index contributed by atoms with van der Waals surface area (Å²) in [6, 6.07) is 8.55. The molecule has 0 N–H and O–H groups in total. The van der Waals surface area contributed by atoms with E-state index in [4.69, 9.17) is 9.47 Å². The molecule has 4 rings (SSSR count). The molecule has 0 aromatic heterocycles. The van der Waals surface area contributed by atoms with Crippen LogP contribution in [-0.4, -0.2) is 41.5 Å². The van der Waals surface area contributed by atoms with Crippen molar-refractivity contribution in [2.75, 3.05) is 6.61 Å².